The lowest BCUT2D eigenvalue weighted by Gasteiger charge is -2.21. The van der Waals surface area contributed by atoms with E-state index < -0.39 is 16.1 Å². The number of hydrogen-bond donors (Lipinski definition) is 0. The largest absolute Gasteiger partial charge is 0.309 e. The first-order chi connectivity index (χ1) is 24.1. The Labute approximate surface area is 297 Å². The predicted molar refractivity (Wildman–Crippen MR) is 220 cm³/mol. The van der Waals surface area contributed by atoms with E-state index in [0.717, 1.165) is 28.0 Å². The molecule has 2 aromatic heterocycles. The summed E-state index contributed by atoms with van der Waals surface area (Å²) in [6.45, 7) is 14.5. The summed E-state index contributed by atoms with van der Waals surface area (Å²) in [6.07, 6.45) is 0. The summed E-state index contributed by atoms with van der Waals surface area (Å²) in [4.78, 5) is 0. The van der Waals surface area contributed by atoms with E-state index >= 15 is 0 Å². The van der Waals surface area contributed by atoms with Crippen LogP contribution in [0.5, 0.6) is 0 Å². The van der Waals surface area contributed by atoms with Gasteiger partial charge in [-0.25, -0.2) is 0 Å². The summed E-state index contributed by atoms with van der Waals surface area (Å²) < 4.78 is 4.74. The van der Waals surface area contributed by atoms with Gasteiger partial charge in [0.15, 0.2) is 0 Å². The summed E-state index contributed by atoms with van der Waals surface area (Å²) in [5, 5.41) is 18.4. The molecule has 0 aliphatic rings. The van der Waals surface area contributed by atoms with E-state index in [4.69, 9.17) is 0 Å². The molecule has 0 unspecified atom stereocenters. The number of aromatic nitrogens is 2. The standard InChI is InChI=1S/C45H43N3Si2/c1-7-49(3,4)36-20-22-44-40(28-36)38-16-9-11-18-42(38)47(44)34-15-13-14-32(26-34)33-24-31(30-46)25-35(27-33)48-43-19-12-10-17-39(43)41-29-37(21-23-45(41)48)50(5,6)8-2/h9-29H,7-8H2,1-6H3. The van der Waals surface area contributed by atoms with Gasteiger partial charge in [0.25, 0.3) is 0 Å². The van der Waals surface area contributed by atoms with E-state index in [-0.39, 0.29) is 0 Å². The molecule has 0 aliphatic heterocycles. The van der Waals surface area contributed by atoms with Crippen molar-refractivity contribution in [2.75, 3.05) is 0 Å². The van der Waals surface area contributed by atoms with E-state index in [1.54, 1.807) is 0 Å². The molecule has 0 saturated carbocycles. The van der Waals surface area contributed by atoms with Crippen molar-refractivity contribution in [1.29, 1.82) is 5.26 Å². The van der Waals surface area contributed by atoms with E-state index in [1.165, 1.54) is 60.6 Å². The van der Waals surface area contributed by atoms with Crippen molar-refractivity contribution in [3.05, 3.63) is 133 Å². The molecule has 2 heterocycles. The fourth-order valence-electron chi connectivity index (χ4n) is 7.55. The molecule has 0 atom stereocenters. The maximum atomic E-state index is 10.3. The number of rotatable bonds is 7. The third kappa shape index (κ3) is 5.14. The maximum absolute atomic E-state index is 10.3. The van der Waals surface area contributed by atoms with Crippen LogP contribution in [0.25, 0.3) is 66.1 Å². The van der Waals surface area contributed by atoms with Gasteiger partial charge in [-0.3, -0.25) is 0 Å². The first-order valence-corrected chi connectivity index (χ1v) is 24.3. The molecule has 8 aromatic rings. The summed E-state index contributed by atoms with van der Waals surface area (Å²) in [6, 6.07) is 51.7. The van der Waals surface area contributed by atoms with Crippen molar-refractivity contribution in [3.63, 3.8) is 0 Å². The molecular formula is C45H43N3Si2. The molecule has 246 valence electrons. The molecular weight excluding hydrogens is 639 g/mol. The van der Waals surface area contributed by atoms with Crippen molar-refractivity contribution in [2.45, 2.75) is 52.1 Å². The topological polar surface area (TPSA) is 33.6 Å². The number of nitriles is 1. The molecule has 0 radical (unpaired) electrons. The average molecular weight is 682 g/mol. The minimum Gasteiger partial charge on any atom is -0.309 e. The molecule has 0 spiro atoms. The van der Waals surface area contributed by atoms with Crippen LogP contribution < -0.4 is 10.4 Å². The summed E-state index contributed by atoms with van der Waals surface area (Å²) >= 11 is 0. The second kappa shape index (κ2) is 12.0. The van der Waals surface area contributed by atoms with Crippen LogP contribution >= 0.6 is 0 Å². The zero-order chi connectivity index (χ0) is 34.8. The minimum atomic E-state index is -1.52. The van der Waals surface area contributed by atoms with Crippen molar-refractivity contribution in [1.82, 2.24) is 9.13 Å². The lowest BCUT2D eigenvalue weighted by Crippen LogP contribution is -2.40. The lowest BCUT2D eigenvalue weighted by molar-refractivity contribution is 1.17. The molecule has 8 rings (SSSR count). The van der Waals surface area contributed by atoms with Crippen LogP contribution in [0, 0.1) is 11.3 Å². The quantitative estimate of drug-likeness (QED) is 0.154. The Morgan fingerprint density at radius 3 is 1.52 bits per heavy atom. The Balaban J connectivity index is 1.31. The van der Waals surface area contributed by atoms with Gasteiger partial charge in [0, 0.05) is 32.9 Å². The van der Waals surface area contributed by atoms with Gasteiger partial charge in [0.05, 0.1) is 49.8 Å². The van der Waals surface area contributed by atoms with Crippen LogP contribution in [-0.4, -0.2) is 25.3 Å². The van der Waals surface area contributed by atoms with Crippen LogP contribution in [0.15, 0.2) is 127 Å². The van der Waals surface area contributed by atoms with Gasteiger partial charge in [-0.05, 0) is 65.7 Å². The maximum Gasteiger partial charge on any atom is 0.0992 e. The molecule has 0 bridgehead atoms. The third-order valence-electron chi connectivity index (χ3n) is 11.4. The first kappa shape index (κ1) is 32.1. The van der Waals surface area contributed by atoms with E-state index in [0.29, 0.717) is 5.56 Å². The van der Waals surface area contributed by atoms with Crippen LogP contribution in [-0.2, 0) is 0 Å². The first-order valence-electron chi connectivity index (χ1n) is 17.9. The van der Waals surface area contributed by atoms with Gasteiger partial charge in [-0.1, -0.05) is 135 Å². The second-order valence-electron chi connectivity index (χ2n) is 15.1. The van der Waals surface area contributed by atoms with Crippen LogP contribution in [0.2, 0.25) is 38.3 Å². The van der Waals surface area contributed by atoms with Crippen LogP contribution in [0.4, 0.5) is 0 Å². The molecule has 0 amide bonds. The zero-order valence-corrected chi connectivity index (χ0v) is 31.9. The normalized spacial score (nSPS) is 12.3. The van der Waals surface area contributed by atoms with E-state index in [1.807, 2.05) is 12.1 Å². The Kier molecular flexibility index (Phi) is 7.71. The Bertz CT molecular complexity index is 2650. The Morgan fingerprint density at radius 1 is 0.480 bits per heavy atom. The lowest BCUT2D eigenvalue weighted by atomic mass is 10.0. The van der Waals surface area contributed by atoms with Gasteiger partial charge in [0.1, 0.15) is 0 Å². The van der Waals surface area contributed by atoms with Crippen LogP contribution in [0.3, 0.4) is 0 Å². The Hall–Kier alpha value is -5.16. The minimum absolute atomic E-state index is 0.650. The van der Waals surface area contributed by atoms with Crippen LogP contribution in [0.1, 0.15) is 19.4 Å². The molecule has 50 heavy (non-hydrogen) atoms. The third-order valence-corrected chi connectivity index (χ3v) is 18.7. The molecule has 3 nitrogen and oxygen atoms in total. The van der Waals surface area contributed by atoms with Gasteiger partial charge in [0.2, 0.25) is 0 Å². The van der Waals surface area contributed by atoms with Gasteiger partial charge in [-0.2, -0.15) is 5.26 Å². The molecule has 5 heteroatoms. The average Bonchev–Trinajstić information content (AvgIpc) is 3.67. The second-order valence-corrected chi connectivity index (χ2v) is 25.2. The SMILES string of the molecule is CC[Si](C)(C)c1ccc2c(c1)c1ccccc1n2-c1cccc(-c2cc(C#N)cc(-n3c4ccccc4c4cc([Si](C)(C)CC)ccc43)c2)c1. The summed E-state index contributed by atoms with van der Waals surface area (Å²) in [5.74, 6) is 0. The smallest absolute Gasteiger partial charge is 0.0992 e. The van der Waals surface area contributed by atoms with E-state index in [9.17, 15) is 5.26 Å². The number of para-hydroxylation sites is 2. The molecule has 0 aliphatic carbocycles. The summed E-state index contributed by atoms with van der Waals surface area (Å²) in [5.41, 5.74) is 9.64. The number of nitrogens with zero attached hydrogens (tertiary/aromatic N) is 3. The van der Waals surface area contributed by atoms with Crippen molar-refractivity contribution >= 4 is 70.1 Å². The highest BCUT2D eigenvalue weighted by Crippen LogP contribution is 2.36. The highest BCUT2D eigenvalue weighted by molar-refractivity contribution is 6.90. The highest BCUT2D eigenvalue weighted by atomic mass is 28.3. The Morgan fingerprint density at radius 2 is 0.980 bits per heavy atom. The number of hydrogen-bond acceptors (Lipinski definition) is 1. The predicted octanol–water partition coefficient (Wildman–Crippen LogP) is 11.3. The molecule has 6 aromatic carbocycles. The summed E-state index contributed by atoms with van der Waals surface area (Å²) in [7, 11) is -3.03. The molecule has 0 N–H and O–H groups in total. The number of fused-ring (bicyclic) bond motifs is 6. The van der Waals surface area contributed by atoms with Gasteiger partial charge >= 0.3 is 0 Å². The number of benzene rings is 6. The van der Waals surface area contributed by atoms with Crippen molar-refractivity contribution < 1.29 is 0 Å². The van der Waals surface area contributed by atoms with Crippen molar-refractivity contribution in [2.24, 2.45) is 0 Å². The molecule has 0 saturated heterocycles. The van der Waals surface area contributed by atoms with E-state index in [2.05, 4.69) is 170 Å². The fraction of sp³-hybridized carbons (Fsp3) is 0.178. The van der Waals surface area contributed by atoms with Crippen molar-refractivity contribution in [3.8, 4) is 28.6 Å². The van der Waals surface area contributed by atoms with Gasteiger partial charge < -0.3 is 9.13 Å². The molecule has 0 fully saturated rings. The monoisotopic (exact) mass is 681 g/mol. The highest BCUT2D eigenvalue weighted by Gasteiger charge is 2.24. The fourth-order valence-corrected chi connectivity index (χ4v) is 10.5. The zero-order valence-electron chi connectivity index (χ0n) is 29.9. The van der Waals surface area contributed by atoms with Gasteiger partial charge in [-0.15, -0.1) is 0 Å².